The van der Waals surface area contributed by atoms with E-state index in [0.717, 1.165) is 12.2 Å². The van der Waals surface area contributed by atoms with Crippen molar-refractivity contribution < 1.29 is 4.79 Å². The Hall–Kier alpha value is -0.380. The summed E-state index contributed by atoms with van der Waals surface area (Å²) in [6, 6.07) is 1.06. The van der Waals surface area contributed by atoms with Gasteiger partial charge in [-0.15, -0.1) is 0 Å². The summed E-state index contributed by atoms with van der Waals surface area (Å²) < 4.78 is 0. The van der Waals surface area contributed by atoms with E-state index in [1.165, 1.54) is 18.6 Å². The van der Waals surface area contributed by atoms with Gasteiger partial charge in [-0.1, -0.05) is 0 Å². The molecule has 2 rings (SSSR count). The SMILES string of the molecule is CN(C(=O)NC1CCSC1)C1CC1. The van der Waals surface area contributed by atoms with Crippen molar-refractivity contribution in [3.8, 4) is 0 Å². The standard InChI is InChI=1S/C9H16N2OS/c1-11(8-2-3-8)9(12)10-7-4-5-13-6-7/h7-8H,2-6H2,1H3,(H,10,12). The van der Waals surface area contributed by atoms with Gasteiger partial charge in [-0.2, -0.15) is 11.8 Å². The monoisotopic (exact) mass is 200 g/mol. The molecule has 2 fully saturated rings. The number of carbonyl (C=O) groups excluding carboxylic acids is 1. The lowest BCUT2D eigenvalue weighted by molar-refractivity contribution is 0.203. The first kappa shape index (κ1) is 9.19. The number of amides is 2. The summed E-state index contributed by atoms with van der Waals surface area (Å²) >= 11 is 1.93. The Morgan fingerprint density at radius 3 is 2.77 bits per heavy atom. The fraction of sp³-hybridized carbons (Fsp3) is 0.889. The first-order valence-electron chi connectivity index (χ1n) is 4.88. The van der Waals surface area contributed by atoms with Crippen LogP contribution in [0.1, 0.15) is 19.3 Å². The first-order chi connectivity index (χ1) is 6.27. The van der Waals surface area contributed by atoms with Crippen molar-refractivity contribution in [3.63, 3.8) is 0 Å². The average molecular weight is 200 g/mol. The molecule has 1 N–H and O–H groups in total. The van der Waals surface area contributed by atoms with Gasteiger partial charge in [0.1, 0.15) is 0 Å². The first-order valence-corrected chi connectivity index (χ1v) is 6.04. The highest BCUT2D eigenvalue weighted by Gasteiger charge is 2.30. The topological polar surface area (TPSA) is 32.3 Å². The zero-order valence-corrected chi connectivity index (χ0v) is 8.77. The van der Waals surface area contributed by atoms with Gasteiger partial charge < -0.3 is 10.2 Å². The largest absolute Gasteiger partial charge is 0.334 e. The van der Waals surface area contributed by atoms with Crippen LogP contribution in [-0.2, 0) is 0 Å². The second-order valence-electron chi connectivity index (χ2n) is 3.85. The molecular weight excluding hydrogens is 184 g/mol. The molecule has 0 bridgehead atoms. The molecule has 1 aliphatic carbocycles. The molecule has 1 atom stereocenters. The molecule has 0 spiro atoms. The van der Waals surface area contributed by atoms with Gasteiger partial charge in [0.15, 0.2) is 0 Å². The highest BCUT2D eigenvalue weighted by atomic mass is 32.2. The van der Waals surface area contributed by atoms with Crippen molar-refractivity contribution >= 4 is 17.8 Å². The van der Waals surface area contributed by atoms with Crippen molar-refractivity contribution in [1.82, 2.24) is 10.2 Å². The maximum absolute atomic E-state index is 11.6. The zero-order chi connectivity index (χ0) is 9.26. The van der Waals surface area contributed by atoms with Crippen LogP contribution in [0.4, 0.5) is 4.79 Å². The quantitative estimate of drug-likeness (QED) is 0.728. The van der Waals surface area contributed by atoms with Gasteiger partial charge in [0.2, 0.25) is 0 Å². The summed E-state index contributed by atoms with van der Waals surface area (Å²) in [5.74, 6) is 2.28. The Balaban J connectivity index is 1.76. The lowest BCUT2D eigenvalue weighted by atomic mass is 10.3. The minimum absolute atomic E-state index is 0.120. The van der Waals surface area contributed by atoms with Crippen molar-refractivity contribution in [3.05, 3.63) is 0 Å². The van der Waals surface area contributed by atoms with E-state index < -0.39 is 0 Å². The van der Waals surface area contributed by atoms with Gasteiger partial charge in [0.05, 0.1) is 0 Å². The van der Waals surface area contributed by atoms with Crippen molar-refractivity contribution in [2.75, 3.05) is 18.6 Å². The summed E-state index contributed by atoms with van der Waals surface area (Å²) in [6.45, 7) is 0. The molecule has 2 aliphatic rings. The smallest absolute Gasteiger partial charge is 0.317 e. The number of thioether (sulfide) groups is 1. The maximum Gasteiger partial charge on any atom is 0.317 e. The van der Waals surface area contributed by atoms with Crippen LogP contribution in [0, 0.1) is 0 Å². The second kappa shape index (κ2) is 3.78. The van der Waals surface area contributed by atoms with Crippen LogP contribution < -0.4 is 5.32 Å². The highest BCUT2D eigenvalue weighted by Crippen LogP contribution is 2.25. The lowest BCUT2D eigenvalue weighted by Crippen LogP contribution is -2.43. The van der Waals surface area contributed by atoms with Gasteiger partial charge in [0, 0.05) is 24.9 Å². The van der Waals surface area contributed by atoms with Gasteiger partial charge in [0.25, 0.3) is 0 Å². The average Bonchev–Trinajstić information content (AvgIpc) is 2.85. The molecule has 0 aromatic heterocycles. The Morgan fingerprint density at radius 2 is 2.23 bits per heavy atom. The molecule has 13 heavy (non-hydrogen) atoms. The molecule has 1 heterocycles. The molecule has 74 valence electrons. The van der Waals surface area contributed by atoms with Crippen LogP contribution in [0.25, 0.3) is 0 Å². The van der Waals surface area contributed by atoms with Crippen LogP contribution in [0.15, 0.2) is 0 Å². The fourth-order valence-electron chi connectivity index (χ4n) is 1.55. The van der Waals surface area contributed by atoms with E-state index in [9.17, 15) is 4.79 Å². The molecule has 2 amide bonds. The molecule has 0 aromatic carbocycles. The molecule has 1 unspecified atom stereocenters. The van der Waals surface area contributed by atoms with Crippen LogP contribution in [-0.4, -0.2) is 41.6 Å². The fourth-order valence-corrected chi connectivity index (χ4v) is 2.70. The van der Waals surface area contributed by atoms with Gasteiger partial charge in [-0.3, -0.25) is 0 Å². The molecule has 4 heteroatoms. The van der Waals surface area contributed by atoms with E-state index in [1.807, 2.05) is 23.7 Å². The number of hydrogen-bond donors (Lipinski definition) is 1. The summed E-state index contributed by atoms with van der Waals surface area (Å²) in [5.41, 5.74) is 0. The van der Waals surface area contributed by atoms with E-state index >= 15 is 0 Å². The lowest BCUT2D eigenvalue weighted by Gasteiger charge is -2.20. The van der Waals surface area contributed by atoms with Crippen LogP contribution in [0.2, 0.25) is 0 Å². The zero-order valence-electron chi connectivity index (χ0n) is 7.95. The predicted molar refractivity (Wildman–Crippen MR) is 55.0 cm³/mol. The summed E-state index contributed by atoms with van der Waals surface area (Å²) in [6.07, 6.45) is 3.50. The molecule has 1 aliphatic heterocycles. The van der Waals surface area contributed by atoms with Gasteiger partial charge in [-0.25, -0.2) is 4.79 Å². The Bertz CT molecular complexity index is 200. The second-order valence-corrected chi connectivity index (χ2v) is 5.00. The Morgan fingerprint density at radius 1 is 1.46 bits per heavy atom. The van der Waals surface area contributed by atoms with Crippen LogP contribution >= 0.6 is 11.8 Å². The molecule has 0 radical (unpaired) electrons. The van der Waals surface area contributed by atoms with Crippen molar-refractivity contribution in [2.45, 2.75) is 31.3 Å². The van der Waals surface area contributed by atoms with Crippen molar-refractivity contribution in [1.29, 1.82) is 0 Å². The van der Waals surface area contributed by atoms with Gasteiger partial charge in [-0.05, 0) is 25.0 Å². The molecular formula is C9H16N2OS. The van der Waals surface area contributed by atoms with E-state index in [-0.39, 0.29) is 6.03 Å². The van der Waals surface area contributed by atoms with Gasteiger partial charge >= 0.3 is 6.03 Å². The normalized spacial score (nSPS) is 27.3. The number of nitrogens with one attached hydrogen (secondary N) is 1. The minimum Gasteiger partial charge on any atom is -0.334 e. The van der Waals surface area contributed by atoms with E-state index in [4.69, 9.17) is 0 Å². The summed E-state index contributed by atoms with van der Waals surface area (Å²) in [4.78, 5) is 13.4. The van der Waals surface area contributed by atoms with E-state index in [0.29, 0.717) is 12.1 Å². The number of hydrogen-bond acceptors (Lipinski definition) is 2. The minimum atomic E-state index is 0.120. The number of carbonyl (C=O) groups is 1. The van der Waals surface area contributed by atoms with E-state index in [2.05, 4.69) is 5.32 Å². The predicted octanol–water partition coefficient (Wildman–Crippen LogP) is 1.30. The molecule has 0 aromatic rings. The van der Waals surface area contributed by atoms with Crippen LogP contribution in [0.5, 0.6) is 0 Å². The molecule has 1 saturated heterocycles. The third-order valence-corrected chi connectivity index (χ3v) is 3.83. The van der Waals surface area contributed by atoms with Crippen molar-refractivity contribution in [2.24, 2.45) is 0 Å². The Labute approximate surface area is 83.2 Å². The number of rotatable bonds is 2. The summed E-state index contributed by atoms with van der Waals surface area (Å²) in [7, 11) is 1.90. The van der Waals surface area contributed by atoms with E-state index in [1.54, 1.807) is 0 Å². The third-order valence-electron chi connectivity index (χ3n) is 2.67. The molecule has 1 saturated carbocycles. The molecule has 3 nitrogen and oxygen atoms in total. The Kier molecular flexibility index (Phi) is 2.67. The summed E-state index contributed by atoms with van der Waals surface area (Å²) in [5, 5.41) is 3.07. The number of nitrogens with zero attached hydrogens (tertiary/aromatic N) is 1. The van der Waals surface area contributed by atoms with Crippen LogP contribution in [0.3, 0.4) is 0 Å². The number of urea groups is 1. The highest BCUT2D eigenvalue weighted by molar-refractivity contribution is 7.99. The third kappa shape index (κ3) is 2.30. The maximum atomic E-state index is 11.6.